The third kappa shape index (κ3) is 2.59. The number of rotatable bonds is 4. The van der Waals surface area contributed by atoms with Crippen LogP contribution in [0.3, 0.4) is 0 Å². The molecular weight excluding hydrogens is 252 g/mol. The molecule has 0 spiro atoms. The lowest BCUT2D eigenvalue weighted by Crippen LogP contribution is -2.28. The number of aromatic nitrogens is 2. The van der Waals surface area contributed by atoms with E-state index in [4.69, 9.17) is 4.74 Å². The average molecular weight is 270 g/mol. The molecule has 1 aromatic carbocycles. The highest BCUT2D eigenvalue weighted by Gasteiger charge is 2.25. The Balaban J connectivity index is 1.60. The predicted molar refractivity (Wildman–Crippen MR) is 75.7 cm³/mol. The second kappa shape index (κ2) is 5.49. The van der Waals surface area contributed by atoms with Gasteiger partial charge in [-0.05, 0) is 18.1 Å². The maximum Gasteiger partial charge on any atom is 0.140 e. The van der Waals surface area contributed by atoms with Crippen molar-refractivity contribution in [3.63, 3.8) is 0 Å². The zero-order chi connectivity index (χ0) is 13.9. The normalized spacial score (nSPS) is 17.4. The van der Waals surface area contributed by atoms with Gasteiger partial charge >= 0.3 is 0 Å². The molecule has 0 amide bonds. The van der Waals surface area contributed by atoms with E-state index in [1.165, 1.54) is 0 Å². The number of fused-ring (bicyclic) bond motifs is 1. The van der Waals surface area contributed by atoms with Gasteiger partial charge < -0.3 is 9.30 Å². The topological polar surface area (TPSA) is 44.1 Å². The van der Waals surface area contributed by atoms with Gasteiger partial charge in [-0.2, -0.15) is 0 Å². The van der Waals surface area contributed by atoms with Gasteiger partial charge in [0.25, 0.3) is 0 Å². The molecule has 1 aromatic heterocycles. The summed E-state index contributed by atoms with van der Waals surface area (Å²) in [5.41, 5.74) is 1.13. The summed E-state index contributed by atoms with van der Waals surface area (Å²) in [6.07, 6.45) is 5.68. The number of carbonyl (C=O) groups excluding carboxylic acids is 1. The highest BCUT2D eigenvalue weighted by Crippen LogP contribution is 2.27. The molecule has 0 saturated carbocycles. The van der Waals surface area contributed by atoms with Crippen molar-refractivity contribution in [1.82, 2.24) is 9.55 Å². The molecule has 1 aliphatic heterocycles. The zero-order valence-electron chi connectivity index (χ0n) is 11.6. The Kier molecular flexibility index (Phi) is 3.54. The summed E-state index contributed by atoms with van der Waals surface area (Å²) >= 11 is 0. The number of para-hydroxylation sites is 1. The number of ether oxygens (including phenoxy) is 1. The Morgan fingerprint density at radius 1 is 1.45 bits per heavy atom. The number of benzene rings is 1. The average Bonchev–Trinajstić information content (AvgIpc) is 2.89. The van der Waals surface area contributed by atoms with Crippen molar-refractivity contribution in [3.8, 4) is 5.75 Å². The number of hydrogen-bond donors (Lipinski definition) is 0. The van der Waals surface area contributed by atoms with Crippen molar-refractivity contribution in [2.45, 2.75) is 19.3 Å². The molecular formula is C16H18N2O2. The number of nitrogens with zero attached hydrogens (tertiary/aromatic N) is 2. The Labute approximate surface area is 118 Å². The monoisotopic (exact) mass is 270 g/mol. The summed E-state index contributed by atoms with van der Waals surface area (Å²) in [5.74, 6) is 2.11. The van der Waals surface area contributed by atoms with E-state index in [0.717, 1.165) is 23.6 Å². The Hall–Kier alpha value is -2.10. The van der Waals surface area contributed by atoms with Gasteiger partial charge in [-0.3, -0.25) is 4.79 Å². The lowest BCUT2D eigenvalue weighted by molar-refractivity contribution is -0.124. The number of Topliss-reactive ketones (excluding diaryl/α,β-unsaturated/α-hetero) is 1. The van der Waals surface area contributed by atoms with Crippen LogP contribution in [-0.4, -0.2) is 21.9 Å². The minimum atomic E-state index is -0.0230. The molecule has 4 heteroatoms. The molecule has 0 radical (unpaired) electrons. The number of hydrogen-bond acceptors (Lipinski definition) is 3. The van der Waals surface area contributed by atoms with Gasteiger partial charge in [0, 0.05) is 32.3 Å². The Morgan fingerprint density at radius 2 is 2.30 bits per heavy atom. The van der Waals surface area contributed by atoms with Crippen LogP contribution in [0.1, 0.15) is 17.8 Å². The maximum absolute atomic E-state index is 12.3. The quantitative estimate of drug-likeness (QED) is 0.855. The van der Waals surface area contributed by atoms with Crippen molar-refractivity contribution in [2.24, 2.45) is 13.0 Å². The summed E-state index contributed by atoms with van der Waals surface area (Å²) in [4.78, 5) is 16.5. The van der Waals surface area contributed by atoms with E-state index in [9.17, 15) is 4.79 Å². The van der Waals surface area contributed by atoms with Crippen LogP contribution in [-0.2, 0) is 24.7 Å². The van der Waals surface area contributed by atoms with Crippen molar-refractivity contribution in [1.29, 1.82) is 0 Å². The van der Waals surface area contributed by atoms with Crippen molar-refractivity contribution in [3.05, 3.63) is 48.0 Å². The highest BCUT2D eigenvalue weighted by molar-refractivity contribution is 5.82. The minimum absolute atomic E-state index is 0.0230. The molecule has 104 valence electrons. The van der Waals surface area contributed by atoms with Crippen molar-refractivity contribution < 1.29 is 9.53 Å². The lowest BCUT2D eigenvalue weighted by atomic mass is 9.91. The first-order valence-electron chi connectivity index (χ1n) is 6.93. The SMILES string of the molecule is Cn1ccnc1CCC(=O)C1COc2ccccc2C1. The first-order valence-corrected chi connectivity index (χ1v) is 6.93. The molecule has 1 atom stereocenters. The molecule has 20 heavy (non-hydrogen) atoms. The molecule has 4 nitrogen and oxygen atoms in total. The van der Waals surface area contributed by atoms with Crippen LogP contribution in [0.15, 0.2) is 36.7 Å². The van der Waals surface area contributed by atoms with Gasteiger partial charge in [-0.15, -0.1) is 0 Å². The predicted octanol–water partition coefficient (Wildman–Crippen LogP) is 2.17. The Morgan fingerprint density at radius 3 is 3.10 bits per heavy atom. The summed E-state index contributed by atoms with van der Waals surface area (Å²) < 4.78 is 7.63. The first kappa shape index (κ1) is 12.9. The largest absolute Gasteiger partial charge is 0.493 e. The number of aryl methyl sites for hydroxylation is 2. The minimum Gasteiger partial charge on any atom is -0.493 e. The zero-order valence-corrected chi connectivity index (χ0v) is 11.6. The van der Waals surface area contributed by atoms with Gasteiger partial charge in [0.15, 0.2) is 0 Å². The molecule has 0 bridgehead atoms. The molecule has 0 N–H and O–H groups in total. The van der Waals surface area contributed by atoms with Gasteiger partial charge in [-0.1, -0.05) is 18.2 Å². The molecule has 3 rings (SSSR count). The van der Waals surface area contributed by atoms with Crippen molar-refractivity contribution >= 4 is 5.78 Å². The number of imidazole rings is 1. The third-order valence-corrected chi connectivity index (χ3v) is 3.85. The van der Waals surface area contributed by atoms with Gasteiger partial charge in [0.1, 0.15) is 17.4 Å². The van der Waals surface area contributed by atoms with E-state index in [1.54, 1.807) is 6.20 Å². The molecule has 1 unspecified atom stereocenters. The van der Waals surface area contributed by atoms with Crippen LogP contribution in [0, 0.1) is 5.92 Å². The van der Waals surface area contributed by atoms with Crippen LogP contribution < -0.4 is 4.74 Å². The lowest BCUT2D eigenvalue weighted by Gasteiger charge is -2.24. The Bertz CT molecular complexity index is 618. The maximum atomic E-state index is 12.3. The van der Waals surface area contributed by atoms with Gasteiger partial charge in [0.2, 0.25) is 0 Å². The molecule has 2 aromatic rings. The molecule has 2 heterocycles. The summed E-state index contributed by atoms with van der Waals surface area (Å²) in [6, 6.07) is 7.95. The second-order valence-electron chi connectivity index (χ2n) is 5.24. The third-order valence-electron chi connectivity index (χ3n) is 3.85. The first-order chi connectivity index (χ1) is 9.74. The van der Waals surface area contributed by atoms with E-state index in [2.05, 4.69) is 4.98 Å². The molecule has 0 fully saturated rings. The standard InChI is InChI=1S/C16H18N2O2/c1-18-9-8-17-16(18)7-6-14(19)13-10-12-4-2-3-5-15(12)20-11-13/h2-5,8-9,13H,6-7,10-11H2,1H3. The fourth-order valence-corrected chi connectivity index (χ4v) is 2.61. The van der Waals surface area contributed by atoms with E-state index >= 15 is 0 Å². The molecule has 1 aliphatic rings. The fourth-order valence-electron chi connectivity index (χ4n) is 2.61. The smallest absolute Gasteiger partial charge is 0.140 e. The summed E-state index contributed by atoms with van der Waals surface area (Å²) in [7, 11) is 1.95. The summed E-state index contributed by atoms with van der Waals surface area (Å²) in [5, 5.41) is 0. The van der Waals surface area contributed by atoms with Gasteiger partial charge in [-0.25, -0.2) is 4.98 Å². The molecule has 0 saturated heterocycles. The van der Waals surface area contributed by atoms with E-state index in [-0.39, 0.29) is 11.7 Å². The van der Waals surface area contributed by atoms with Crippen molar-refractivity contribution in [2.75, 3.05) is 6.61 Å². The van der Waals surface area contributed by atoms with Crippen LogP contribution in [0.4, 0.5) is 0 Å². The number of carbonyl (C=O) groups is 1. The van der Waals surface area contributed by atoms with Crippen LogP contribution in [0.2, 0.25) is 0 Å². The van der Waals surface area contributed by atoms with Gasteiger partial charge in [0.05, 0.1) is 12.5 Å². The highest BCUT2D eigenvalue weighted by atomic mass is 16.5. The van der Waals surface area contributed by atoms with E-state index in [0.29, 0.717) is 19.4 Å². The van der Waals surface area contributed by atoms with E-state index < -0.39 is 0 Å². The van der Waals surface area contributed by atoms with E-state index in [1.807, 2.05) is 42.1 Å². The second-order valence-corrected chi connectivity index (χ2v) is 5.24. The fraction of sp³-hybridized carbons (Fsp3) is 0.375. The number of ketones is 1. The van der Waals surface area contributed by atoms with Crippen LogP contribution in [0.25, 0.3) is 0 Å². The summed E-state index contributed by atoms with van der Waals surface area (Å²) in [6.45, 7) is 0.496. The van der Waals surface area contributed by atoms with Crippen LogP contribution in [0.5, 0.6) is 5.75 Å². The van der Waals surface area contributed by atoms with Crippen LogP contribution >= 0.6 is 0 Å². The molecule has 0 aliphatic carbocycles.